The van der Waals surface area contributed by atoms with Crippen molar-refractivity contribution in [3.63, 3.8) is 0 Å². The molecule has 0 aliphatic rings. The third kappa shape index (κ3) is 4.14. The van der Waals surface area contributed by atoms with E-state index in [1.54, 1.807) is 12.1 Å². The highest BCUT2D eigenvalue weighted by Crippen LogP contribution is 2.21. The van der Waals surface area contributed by atoms with Crippen LogP contribution in [0.4, 0.5) is 4.39 Å². The van der Waals surface area contributed by atoms with E-state index in [9.17, 15) is 4.39 Å². The highest BCUT2D eigenvalue weighted by atomic mass is 32.2. The van der Waals surface area contributed by atoms with Crippen LogP contribution in [0.1, 0.15) is 32.4 Å². The van der Waals surface area contributed by atoms with Gasteiger partial charge in [0.1, 0.15) is 5.82 Å². The number of thioether (sulfide) groups is 1. The number of nitrogens with one attached hydrogen (secondary N) is 1. The summed E-state index contributed by atoms with van der Waals surface area (Å²) in [7, 11) is 0. The van der Waals surface area contributed by atoms with Crippen molar-refractivity contribution in [2.24, 2.45) is 0 Å². The minimum Gasteiger partial charge on any atom is -0.309 e. The van der Waals surface area contributed by atoms with E-state index in [0.717, 1.165) is 12.1 Å². The number of rotatable bonds is 5. The predicted molar refractivity (Wildman–Crippen MR) is 70.4 cm³/mol. The van der Waals surface area contributed by atoms with Crippen molar-refractivity contribution in [3.8, 4) is 0 Å². The van der Waals surface area contributed by atoms with Crippen molar-refractivity contribution in [2.45, 2.75) is 31.6 Å². The summed E-state index contributed by atoms with van der Waals surface area (Å²) in [5.41, 5.74) is 0.997. The fraction of sp³-hybridized carbons (Fsp3) is 0.538. The van der Waals surface area contributed by atoms with Gasteiger partial charge in [-0.15, -0.1) is 0 Å². The van der Waals surface area contributed by atoms with Gasteiger partial charge in [0.05, 0.1) is 0 Å². The molecule has 1 atom stereocenters. The van der Waals surface area contributed by atoms with E-state index >= 15 is 0 Å². The monoisotopic (exact) mass is 241 g/mol. The first-order valence-electron chi connectivity index (χ1n) is 5.48. The zero-order chi connectivity index (χ0) is 12.2. The second-order valence-electron chi connectivity index (χ2n) is 4.62. The van der Waals surface area contributed by atoms with Gasteiger partial charge in [0, 0.05) is 17.3 Å². The number of hydrogen-bond donors (Lipinski definition) is 1. The average molecular weight is 241 g/mol. The molecule has 0 amide bonds. The third-order valence-electron chi connectivity index (χ3n) is 2.74. The van der Waals surface area contributed by atoms with Crippen LogP contribution in [0.25, 0.3) is 0 Å². The van der Waals surface area contributed by atoms with Crippen LogP contribution < -0.4 is 5.32 Å². The molecule has 0 aromatic heterocycles. The van der Waals surface area contributed by atoms with Gasteiger partial charge in [-0.1, -0.05) is 12.1 Å². The second-order valence-corrected chi connectivity index (χ2v) is 6.13. The van der Waals surface area contributed by atoms with Crippen molar-refractivity contribution in [1.82, 2.24) is 5.32 Å². The summed E-state index contributed by atoms with van der Waals surface area (Å²) < 4.78 is 13.2. The lowest BCUT2D eigenvalue weighted by atomic mass is 10.1. The smallest absolute Gasteiger partial charge is 0.123 e. The highest BCUT2D eigenvalue weighted by molar-refractivity contribution is 7.99. The Bertz CT molecular complexity index is 338. The van der Waals surface area contributed by atoms with Gasteiger partial charge in [-0.2, -0.15) is 11.8 Å². The summed E-state index contributed by atoms with van der Waals surface area (Å²) in [4.78, 5) is 0. The fourth-order valence-electron chi connectivity index (χ4n) is 1.36. The second kappa shape index (κ2) is 5.69. The normalized spacial score (nSPS) is 13.8. The van der Waals surface area contributed by atoms with Gasteiger partial charge < -0.3 is 5.32 Å². The van der Waals surface area contributed by atoms with Crippen molar-refractivity contribution in [3.05, 3.63) is 35.6 Å². The molecule has 16 heavy (non-hydrogen) atoms. The molecule has 0 aliphatic heterocycles. The molecule has 90 valence electrons. The van der Waals surface area contributed by atoms with Crippen molar-refractivity contribution in [1.29, 1.82) is 0 Å². The number of hydrogen-bond acceptors (Lipinski definition) is 2. The minimum atomic E-state index is -0.171. The topological polar surface area (TPSA) is 12.0 Å². The Kier molecular flexibility index (Phi) is 4.81. The Labute approximate surface area is 102 Å². The first-order chi connectivity index (χ1) is 7.44. The zero-order valence-electron chi connectivity index (χ0n) is 10.4. The molecule has 1 aromatic carbocycles. The molecule has 0 fully saturated rings. The first-order valence-corrected chi connectivity index (χ1v) is 6.71. The molecular formula is C13H20FNS. The lowest BCUT2D eigenvalue weighted by molar-refractivity contribution is 0.519. The molecule has 0 radical (unpaired) electrons. The number of halogens is 1. The van der Waals surface area contributed by atoms with Crippen LogP contribution in [-0.2, 0) is 0 Å². The number of benzene rings is 1. The fourth-order valence-corrected chi connectivity index (χ4v) is 1.59. The Hall–Kier alpha value is -0.540. The lowest BCUT2D eigenvalue weighted by Crippen LogP contribution is -2.33. The van der Waals surface area contributed by atoms with Gasteiger partial charge in [0.25, 0.3) is 0 Å². The van der Waals surface area contributed by atoms with Crippen LogP contribution in [0.2, 0.25) is 0 Å². The Balaban J connectivity index is 2.56. The molecule has 1 N–H and O–H groups in total. The molecule has 0 spiro atoms. The molecule has 1 unspecified atom stereocenters. The van der Waals surface area contributed by atoms with Gasteiger partial charge in [0.15, 0.2) is 0 Å². The van der Waals surface area contributed by atoms with Crippen molar-refractivity contribution in [2.75, 3.05) is 12.8 Å². The molecule has 0 aliphatic carbocycles. The Morgan fingerprint density at radius 1 is 1.44 bits per heavy atom. The van der Waals surface area contributed by atoms with Gasteiger partial charge in [-0.3, -0.25) is 0 Å². The quantitative estimate of drug-likeness (QED) is 0.845. The van der Waals surface area contributed by atoms with Gasteiger partial charge in [-0.25, -0.2) is 4.39 Å². The van der Waals surface area contributed by atoms with Crippen LogP contribution in [0, 0.1) is 5.82 Å². The molecule has 1 nitrogen and oxygen atoms in total. The van der Waals surface area contributed by atoms with Crippen LogP contribution in [0.15, 0.2) is 24.3 Å². The van der Waals surface area contributed by atoms with E-state index in [0.29, 0.717) is 0 Å². The molecule has 0 bridgehead atoms. The van der Waals surface area contributed by atoms with E-state index in [4.69, 9.17) is 0 Å². The van der Waals surface area contributed by atoms with Crippen LogP contribution in [0.3, 0.4) is 0 Å². The van der Waals surface area contributed by atoms with Crippen LogP contribution in [-0.4, -0.2) is 17.5 Å². The van der Waals surface area contributed by atoms with Crippen LogP contribution >= 0.6 is 11.8 Å². The maximum atomic E-state index is 13.0. The summed E-state index contributed by atoms with van der Waals surface area (Å²) in [6.45, 7) is 7.36. The van der Waals surface area contributed by atoms with Crippen LogP contribution in [0.5, 0.6) is 0 Å². The van der Waals surface area contributed by atoms with Gasteiger partial charge in [0.2, 0.25) is 0 Å². The minimum absolute atomic E-state index is 0.171. The van der Waals surface area contributed by atoms with E-state index in [-0.39, 0.29) is 16.6 Å². The average Bonchev–Trinajstić information content (AvgIpc) is 2.26. The molecule has 0 saturated carbocycles. The summed E-state index contributed by atoms with van der Waals surface area (Å²) >= 11 is 1.83. The maximum absolute atomic E-state index is 13.0. The molecule has 0 heterocycles. The first kappa shape index (κ1) is 13.5. The Morgan fingerprint density at radius 3 is 2.69 bits per heavy atom. The third-order valence-corrected chi connectivity index (χ3v) is 3.98. The maximum Gasteiger partial charge on any atom is 0.123 e. The van der Waals surface area contributed by atoms with E-state index in [2.05, 4.69) is 32.3 Å². The lowest BCUT2D eigenvalue weighted by Gasteiger charge is -2.25. The van der Waals surface area contributed by atoms with E-state index < -0.39 is 0 Å². The summed E-state index contributed by atoms with van der Waals surface area (Å²) in [5.74, 6) is -0.171. The highest BCUT2D eigenvalue weighted by Gasteiger charge is 2.17. The molecular weight excluding hydrogens is 221 g/mol. The van der Waals surface area contributed by atoms with E-state index in [1.807, 2.05) is 17.8 Å². The molecule has 1 aromatic rings. The van der Waals surface area contributed by atoms with Crippen molar-refractivity contribution < 1.29 is 4.39 Å². The molecule has 3 heteroatoms. The molecule has 0 saturated heterocycles. The Morgan fingerprint density at radius 2 is 2.12 bits per heavy atom. The zero-order valence-corrected chi connectivity index (χ0v) is 11.2. The largest absolute Gasteiger partial charge is 0.309 e. The van der Waals surface area contributed by atoms with Gasteiger partial charge in [-0.05, 0) is 44.7 Å². The predicted octanol–water partition coefficient (Wildman–Crippen LogP) is 3.62. The summed E-state index contributed by atoms with van der Waals surface area (Å²) in [6, 6.07) is 6.95. The SMILES string of the molecule is CSC(C)(C)CNC(C)c1cccc(F)c1. The van der Waals surface area contributed by atoms with Gasteiger partial charge >= 0.3 is 0 Å². The summed E-state index contributed by atoms with van der Waals surface area (Å²) in [6.07, 6.45) is 2.11. The summed E-state index contributed by atoms with van der Waals surface area (Å²) in [5, 5.41) is 3.43. The standard InChI is InChI=1S/C13H20FNS/c1-10(15-9-13(2,3)16-4)11-6-5-7-12(14)8-11/h5-8,10,15H,9H2,1-4H3. The van der Waals surface area contributed by atoms with Crippen molar-refractivity contribution >= 4 is 11.8 Å². The van der Waals surface area contributed by atoms with E-state index in [1.165, 1.54) is 6.07 Å². The molecule has 1 rings (SSSR count).